The molecule has 0 bridgehead atoms. The first-order valence-electron chi connectivity index (χ1n) is 8.56. The first-order valence-corrected chi connectivity index (χ1v) is 9.37. The Labute approximate surface area is 160 Å². The summed E-state index contributed by atoms with van der Waals surface area (Å²) >= 11 is 1.56. The van der Waals surface area contributed by atoms with E-state index < -0.39 is 0 Å². The lowest BCUT2D eigenvalue weighted by atomic mass is 10.1. The molecule has 0 aliphatic carbocycles. The zero-order valence-corrected chi connectivity index (χ0v) is 15.4. The SMILES string of the molecule is Cn1c(-c2ccccc2)nc(-c2ccccc2)c1-c1nc2cncnc2s1. The Bertz CT molecular complexity index is 1190. The van der Waals surface area contributed by atoms with Crippen LogP contribution in [-0.4, -0.2) is 24.5 Å². The molecule has 0 amide bonds. The maximum absolute atomic E-state index is 4.99. The van der Waals surface area contributed by atoms with Crippen LogP contribution in [0.2, 0.25) is 0 Å². The number of hydrogen-bond donors (Lipinski definition) is 0. The molecule has 0 radical (unpaired) electrons. The van der Waals surface area contributed by atoms with E-state index in [0.29, 0.717) is 0 Å². The van der Waals surface area contributed by atoms with Gasteiger partial charge in [-0.25, -0.2) is 19.9 Å². The topological polar surface area (TPSA) is 56.5 Å². The summed E-state index contributed by atoms with van der Waals surface area (Å²) < 4.78 is 2.11. The fraction of sp³-hybridized carbons (Fsp3) is 0.0476. The lowest BCUT2D eigenvalue weighted by Crippen LogP contribution is -1.95. The number of fused-ring (bicyclic) bond motifs is 1. The van der Waals surface area contributed by atoms with Crippen molar-refractivity contribution in [3.05, 3.63) is 73.2 Å². The van der Waals surface area contributed by atoms with Crippen molar-refractivity contribution in [2.24, 2.45) is 7.05 Å². The van der Waals surface area contributed by atoms with Crippen LogP contribution in [-0.2, 0) is 7.05 Å². The molecule has 27 heavy (non-hydrogen) atoms. The van der Waals surface area contributed by atoms with Crippen LogP contribution in [0.4, 0.5) is 0 Å². The Hall–Kier alpha value is -3.38. The van der Waals surface area contributed by atoms with Crippen molar-refractivity contribution in [1.29, 1.82) is 0 Å². The molecule has 5 aromatic rings. The molecular weight excluding hydrogens is 354 g/mol. The minimum absolute atomic E-state index is 0.805. The largest absolute Gasteiger partial charge is 0.325 e. The molecule has 0 spiro atoms. The van der Waals surface area contributed by atoms with Crippen molar-refractivity contribution in [2.45, 2.75) is 0 Å². The van der Waals surface area contributed by atoms with Gasteiger partial charge in [-0.1, -0.05) is 72.0 Å². The van der Waals surface area contributed by atoms with E-state index in [2.05, 4.69) is 38.8 Å². The summed E-state index contributed by atoms with van der Waals surface area (Å²) in [6.07, 6.45) is 3.31. The highest BCUT2D eigenvalue weighted by atomic mass is 32.1. The molecule has 5 nitrogen and oxygen atoms in total. The van der Waals surface area contributed by atoms with Gasteiger partial charge in [-0.05, 0) is 0 Å². The van der Waals surface area contributed by atoms with E-state index in [9.17, 15) is 0 Å². The van der Waals surface area contributed by atoms with Gasteiger partial charge >= 0.3 is 0 Å². The molecule has 5 rings (SSSR count). The van der Waals surface area contributed by atoms with Gasteiger partial charge in [0.1, 0.15) is 33.2 Å². The average Bonchev–Trinajstić information content (AvgIpc) is 3.30. The maximum Gasteiger partial charge on any atom is 0.147 e. The van der Waals surface area contributed by atoms with Crippen molar-refractivity contribution in [1.82, 2.24) is 24.5 Å². The van der Waals surface area contributed by atoms with Crippen LogP contribution >= 0.6 is 11.3 Å². The van der Waals surface area contributed by atoms with Crippen LogP contribution in [0.1, 0.15) is 0 Å². The molecule has 3 heterocycles. The minimum Gasteiger partial charge on any atom is -0.325 e. The molecule has 6 heteroatoms. The number of aromatic nitrogens is 5. The second-order valence-electron chi connectivity index (χ2n) is 6.16. The quantitative estimate of drug-likeness (QED) is 0.457. The van der Waals surface area contributed by atoms with Gasteiger partial charge < -0.3 is 4.57 Å². The van der Waals surface area contributed by atoms with Gasteiger partial charge in [0.25, 0.3) is 0 Å². The average molecular weight is 369 g/mol. The van der Waals surface area contributed by atoms with Crippen molar-refractivity contribution in [2.75, 3.05) is 0 Å². The molecule has 0 saturated heterocycles. The van der Waals surface area contributed by atoms with E-state index in [-0.39, 0.29) is 0 Å². The van der Waals surface area contributed by atoms with Gasteiger partial charge in [-0.2, -0.15) is 0 Å². The molecule has 0 aliphatic heterocycles. The fourth-order valence-electron chi connectivity index (χ4n) is 3.18. The summed E-state index contributed by atoms with van der Waals surface area (Å²) in [5.41, 5.74) is 4.85. The van der Waals surface area contributed by atoms with Gasteiger partial charge in [0.15, 0.2) is 0 Å². The zero-order chi connectivity index (χ0) is 18.2. The molecule has 0 saturated carbocycles. The molecule has 0 atom stereocenters. The number of imidazole rings is 1. The smallest absolute Gasteiger partial charge is 0.147 e. The van der Waals surface area contributed by atoms with Crippen LogP contribution in [0.3, 0.4) is 0 Å². The summed E-state index contributed by atoms with van der Waals surface area (Å²) in [6.45, 7) is 0. The van der Waals surface area contributed by atoms with Gasteiger partial charge in [-0.15, -0.1) is 0 Å². The van der Waals surface area contributed by atoms with Crippen LogP contribution < -0.4 is 0 Å². The number of thiazole rings is 1. The summed E-state index contributed by atoms with van der Waals surface area (Å²) in [4.78, 5) is 19.1. The number of nitrogens with zero attached hydrogens (tertiary/aromatic N) is 5. The number of benzene rings is 2. The van der Waals surface area contributed by atoms with E-state index in [1.807, 2.05) is 43.4 Å². The first-order chi connectivity index (χ1) is 13.3. The van der Waals surface area contributed by atoms with Crippen LogP contribution in [0.25, 0.3) is 43.7 Å². The molecule has 0 N–H and O–H groups in total. The molecule has 0 unspecified atom stereocenters. The Morgan fingerprint density at radius 2 is 1.56 bits per heavy atom. The van der Waals surface area contributed by atoms with E-state index in [1.54, 1.807) is 23.9 Å². The highest BCUT2D eigenvalue weighted by Gasteiger charge is 2.21. The summed E-state index contributed by atoms with van der Waals surface area (Å²) in [7, 11) is 2.04. The second kappa shape index (κ2) is 6.41. The number of rotatable bonds is 3. The third kappa shape index (κ3) is 2.71. The normalized spacial score (nSPS) is 11.1. The molecule has 130 valence electrons. The fourth-order valence-corrected chi connectivity index (χ4v) is 4.14. The van der Waals surface area contributed by atoms with Crippen molar-refractivity contribution >= 4 is 21.7 Å². The molecule has 3 aromatic heterocycles. The highest BCUT2D eigenvalue weighted by molar-refractivity contribution is 7.21. The lowest BCUT2D eigenvalue weighted by molar-refractivity contribution is 0.932. The molecule has 2 aromatic carbocycles. The van der Waals surface area contributed by atoms with E-state index >= 15 is 0 Å². The Balaban J connectivity index is 1.79. The van der Waals surface area contributed by atoms with Crippen molar-refractivity contribution < 1.29 is 0 Å². The van der Waals surface area contributed by atoms with Crippen LogP contribution in [0, 0.1) is 0 Å². The lowest BCUT2D eigenvalue weighted by Gasteiger charge is -2.05. The van der Waals surface area contributed by atoms with Crippen LogP contribution in [0.15, 0.2) is 73.2 Å². The van der Waals surface area contributed by atoms with Crippen molar-refractivity contribution in [3.8, 4) is 33.3 Å². The van der Waals surface area contributed by atoms with E-state index in [0.717, 1.165) is 43.7 Å². The van der Waals surface area contributed by atoms with Gasteiger partial charge in [0.05, 0.1) is 11.9 Å². The first kappa shape index (κ1) is 15.8. The monoisotopic (exact) mass is 369 g/mol. The van der Waals surface area contributed by atoms with Gasteiger partial charge in [0, 0.05) is 18.2 Å². The van der Waals surface area contributed by atoms with Gasteiger partial charge in [-0.3, -0.25) is 0 Å². The maximum atomic E-state index is 4.99. The minimum atomic E-state index is 0.805. The Morgan fingerprint density at radius 1 is 0.852 bits per heavy atom. The predicted octanol–water partition coefficient (Wildman–Crippen LogP) is 4.82. The van der Waals surface area contributed by atoms with Crippen LogP contribution in [0.5, 0.6) is 0 Å². The predicted molar refractivity (Wildman–Crippen MR) is 108 cm³/mol. The summed E-state index contributed by atoms with van der Waals surface area (Å²) in [5, 5.41) is 0.890. The third-order valence-electron chi connectivity index (χ3n) is 4.45. The van der Waals surface area contributed by atoms with E-state index in [1.165, 1.54) is 0 Å². The van der Waals surface area contributed by atoms with Crippen molar-refractivity contribution in [3.63, 3.8) is 0 Å². The third-order valence-corrected chi connectivity index (χ3v) is 5.44. The van der Waals surface area contributed by atoms with E-state index in [4.69, 9.17) is 9.97 Å². The second-order valence-corrected chi connectivity index (χ2v) is 7.13. The standard InChI is InChI=1S/C21H15N5S/c1-26-18(21-24-16-12-22-13-23-20(16)27-21)17(14-8-4-2-5-9-14)25-19(26)15-10-6-3-7-11-15/h2-13H,1H3. The molecule has 0 fully saturated rings. The van der Waals surface area contributed by atoms with Gasteiger partial charge in [0.2, 0.25) is 0 Å². The summed E-state index contributed by atoms with van der Waals surface area (Å²) in [6, 6.07) is 20.4. The Kier molecular flexibility index (Phi) is 3.76. The molecular formula is C21H15N5S. The highest BCUT2D eigenvalue weighted by Crippen LogP contribution is 2.38. The molecule has 0 aliphatic rings. The number of hydrogen-bond acceptors (Lipinski definition) is 5. The zero-order valence-electron chi connectivity index (χ0n) is 14.6. The summed E-state index contributed by atoms with van der Waals surface area (Å²) in [5.74, 6) is 0.912. The Morgan fingerprint density at radius 3 is 2.26 bits per heavy atom.